The molecule has 0 aliphatic rings. The minimum atomic E-state index is 0.0686. The Morgan fingerprint density at radius 1 is 1.25 bits per heavy atom. The summed E-state index contributed by atoms with van der Waals surface area (Å²) in [5.41, 5.74) is 1.16. The smallest absolute Gasteiger partial charge is 0.228 e. The zero-order valence-corrected chi connectivity index (χ0v) is 13.2. The summed E-state index contributed by atoms with van der Waals surface area (Å²) >= 11 is 3.42. The van der Waals surface area contributed by atoms with Crippen LogP contribution in [-0.4, -0.2) is 17.9 Å². The molecule has 4 heteroatoms. The number of halogens is 1. The number of aromatic nitrogens is 1. The van der Waals surface area contributed by atoms with E-state index in [4.69, 9.17) is 0 Å². The Labute approximate surface area is 127 Å². The first-order valence-electron chi connectivity index (χ1n) is 6.51. The quantitative estimate of drug-likeness (QED) is 0.847. The van der Waals surface area contributed by atoms with Crippen LogP contribution in [0.2, 0.25) is 0 Å². The summed E-state index contributed by atoms with van der Waals surface area (Å²) in [6, 6.07) is 13.6. The molecule has 0 unspecified atom stereocenters. The fourth-order valence-electron chi connectivity index (χ4n) is 1.99. The van der Waals surface area contributed by atoms with Gasteiger partial charge in [-0.25, -0.2) is 4.98 Å². The SMILES string of the molecule is C[C@H](CC(=O)N(C)c1ccccn1)c1ccc(Br)cc1. The molecule has 1 heterocycles. The van der Waals surface area contributed by atoms with Gasteiger partial charge < -0.3 is 0 Å². The fourth-order valence-corrected chi connectivity index (χ4v) is 2.25. The second-order valence-electron chi connectivity index (χ2n) is 4.80. The maximum atomic E-state index is 12.3. The summed E-state index contributed by atoms with van der Waals surface area (Å²) in [5, 5.41) is 0. The van der Waals surface area contributed by atoms with Crippen molar-refractivity contribution in [3.05, 3.63) is 58.7 Å². The molecule has 0 saturated heterocycles. The van der Waals surface area contributed by atoms with E-state index < -0.39 is 0 Å². The summed E-state index contributed by atoms with van der Waals surface area (Å²) in [6.45, 7) is 2.06. The number of nitrogens with zero attached hydrogens (tertiary/aromatic N) is 2. The standard InChI is InChI=1S/C16H17BrN2O/c1-12(13-6-8-14(17)9-7-13)11-16(20)19(2)15-5-3-4-10-18-15/h3-10,12H,11H2,1-2H3/t12-/m1/s1. The van der Waals surface area contributed by atoms with Crippen LogP contribution >= 0.6 is 15.9 Å². The Bertz CT molecular complexity index is 569. The first-order chi connectivity index (χ1) is 9.58. The third kappa shape index (κ3) is 3.67. The van der Waals surface area contributed by atoms with E-state index in [1.807, 2.05) is 42.5 Å². The van der Waals surface area contributed by atoms with Crippen molar-refractivity contribution in [3.8, 4) is 0 Å². The lowest BCUT2D eigenvalue weighted by atomic mass is 9.97. The predicted octanol–water partition coefficient (Wildman–Crippen LogP) is 4.00. The van der Waals surface area contributed by atoms with Gasteiger partial charge in [-0.15, -0.1) is 0 Å². The molecule has 0 bridgehead atoms. The van der Waals surface area contributed by atoms with E-state index in [1.54, 1.807) is 18.1 Å². The third-order valence-electron chi connectivity index (χ3n) is 3.29. The van der Waals surface area contributed by atoms with Crippen LogP contribution < -0.4 is 4.90 Å². The van der Waals surface area contributed by atoms with Crippen molar-refractivity contribution in [3.63, 3.8) is 0 Å². The Morgan fingerprint density at radius 2 is 1.95 bits per heavy atom. The summed E-state index contributed by atoms with van der Waals surface area (Å²) in [6.07, 6.45) is 2.16. The number of hydrogen-bond acceptors (Lipinski definition) is 2. The largest absolute Gasteiger partial charge is 0.300 e. The first kappa shape index (κ1) is 14.7. The molecule has 0 saturated carbocycles. The van der Waals surface area contributed by atoms with Gasteiger partial charge in [0.05, 0.1) is 0 Å². The average molecular weight is 333 g/mol. The molecule has 1 amide bonds. The first-order valence-corrected chi connectivity index (χ1v) is 7.30. The molecule has 0 N–H and O–H groups in total. The van der Waals surface area contributed by atoms with E-state index in [2.05, 4.69) is 27.8 Å². The summed E-state index contributed by atoms with van der Waals surface area (Å²) < 4.78 is 1.05. The molecule has 1 aromatic carbocycles. The number of carbonyl (C=O) groups excluding carboxylic acids is 1. The van der Waals surface area contributed by atoms with Crippen molar-refractivity contribution in [2.75, 3.05) is 11.9 Å². The molecule has 0 aliphatic carbocycles. The molecular formula is C16H17BrN2O. The molecule has 1 atom stereocenters. The number of amides is 1. The van der Waals surface area contributed by atoms with Gasteiger partial charge in [0.2, 0.25) is 5.91 Å². The molecule has 20 heavy (non-hydrogen) atoms. The molecule has 0 fully saturated rings. The van der Waals surface area contributed by atoms with Crippen molar-refractivity contribution >= 4 is 27.7 Å². The third-order valence-corrected chi connectivity index (χ3v) is 3.82. The minimum absolute atomic E-state index is 0.0686. The Balaban J connectivity index is 2.02. The van der Waals surface area contributed by atoms with Gasteiger partial charge in [0.1, 0.15) is 5.82 Å². The van der Waals surface area contributed by atoms with Crippen LogP contribution in [0.3, 0.4) is 0 Å². The second kappa shape index (κ2) is 6.66. The van der Waals surface area contributed by atoms with Crippen LogP contribution in [0.4, 0.5) is 5.82 Å². The van der Waals surface area contributed by atoms with Gasteiger partial charge in [-0.1, -0.05) is 41.1 Å². The predicted molar refractivity (Wildman–Crippen MR) is 84.8 cm³/mol. The van der Waals surface area contributed by atoms with Crippen LogP contribution in [0.25, 0.3) is 0 Å². The van der Waals surface area contributed by atoms with E-state index in [0.29, 0.717) is 12.2 Å². The number of carbonyl (C=O) groups is 1. The highest BCUT2D eigenvalue weighted by atomic mass is 79.9. The second-order valence-corrected chi connectivity index (χ2v) is 5.71. The highest BCUT2D eigenvalue weighted by Crippen LogP contribution is 2.22. The average Bonchev–Trinajstić information content (AvgIpc) is 2.48. The number of pyridine rings is 1. The van der Waals surface area contributed by atoms with Crippen LogP contribution in [0.1, 0.15) is 24.8 Å². The molecule has 1 aromatic heterocycles. The number of anilines is 1. The van der Waals surface area contributed by atoms with Crippen LogP contribution in [-0.2, 0) is 4.79 Å². The fraction of sp³-hybridized carbons (Fsp3) is 0.250. The van der Waals surface area contributed by atoms with Crippen LogP contribution in [0.5, 0.6) is 0 Å². The monoisotopic (exact) mass is 332 g/mol. The molecule has 104 valence electrons. The molecule has 3 nitrogen and oxygen atoms in total. The molecule has 2 rings (SSSR count). The maximum absolute atomic E-state index is 12.3. The summed E-state index contributed by atoms with van der Waals surface area (Å²) in [5.74, 6) is 0.932. The lowest BCUT2D eigenvalue weighted by Gasteiger charge is -2.19. The summed E-state index contributed by atoms with van der Waals surface area (Å²) in [4.78, 5) is 18.1. The zero-order chi connectivity index (χ0) is 14.5. The van der Waals surface area contributed by atoms with Crippen molar-refractivity contribution < 1.29 is 4.79 Å². The summed E-state index contributed by atoms with van der Waals surface area (Å²) in [7, 11) is 1.76. The van der Waals surface area contributed by atoms with Crippen molar-refractivity contribution in [1.29, 1.82) is 0 Å². The molecular weight excluding hydrogens is 316 g/mol. The van der Waals surface area contributed by atoms with Gasteiger partial charge in [0.25, 0.3) is 0 Å². The van der Waals surface area contributed by atoms with Crippen molar-refractivity contribution in [2.45, 2.75) is 19.3 Å². The van der Waals surface area contributed by atoms with Crippen LogP contribution in [0.15, 0.2) is 53.1 Å². The van der Waals surface area contributed by atoms with E-state index in [9.17, 15) is 4.79 Å². The molecule has 2 aromatic rings. The van der Waals surface area contributed by atoms with Gasteiger partial charge in [-0.05, 0) is 35.7 Å². The molecule has 0 spiro atoms. The van der Waals surface area contributed by atoms with E-state index >= 15 is 0 Å². The highest BCUT2D eigenvalue weighted by molar-refractivity contribution is 9.10. The van der Waals surface area contributed by atoms with Crippen molar-refractivity contribution in [1.82, 2.24) is 4.98 Å². The van der Waals surface area contributed by atoms with Gasteiger partial charge in [-0.2, -0.15) is 0 Å². The zero-order valence-electron chi connectivity index (χ0n) is 11.6. The topological polar surface area (TPSA) is 33.2 Å². The van der Waals surface area contributed by atoms with Gasteiger partial charge in [0.15, 0.2) is 0 Å². The van der Waals surface area contributed by atoms with Crippen LogP contribution in [0, 0.1) is 0 Å². The van der Waals surface area contributed by atoms with Gasteiger partial charge in [-0.3, -0.25) is 9.69 Å². The Hall–Kier alpha value is -1.68. The van der Waals surface area contributed by atoms with E-state index in [-0.39, 0.29) is 11.8 Å². The number of benzene rings is 1. The number of rotatable bonds is 4. The Morgan fingerprint density at radius 3 is 2.55 bits per heavy atom. The molecule has 0 radical (unpaired) electrons. The van der Waals surface area contributed by atoms with E-state index in [1.165, 1.54) is 0 Å². The van der Waals surface area contributed by atoms with E-state index in [0.717, 1.165) is 10.0 Å². The van der Waals surface area contributed by atoms with Gasteiger partial charge in [0, 0.05) is 24.1 Å². The lowest BCUT2D eigenvalue weighted by molar-refractivity contribution is -0.118. The lowest BCUT2D eigenvalue weighted by Crippen LogP contribution is -2.27. The van der Waals surface area contributed by atoms with Gasteiger partial charge >= 0.3 is 0 Å². The van der Waals surface area contributed by atoms with Crippen molar-refractivity contribution in [2.24, 2.45) is 0 Å². The number of hydrogen-bond donors (Lipinski definition) is 0. The molecule has 0 aliphatic heterocycles. The highest BCUT2D eigenvalue weighted by Gasteiger charge is 2.16. The maximum Gasteiger partial charge on any atom is 0.228 e. The normalized spacial score (nSPS) is 11.9. The Kier molecular flexibility index (Phi) is 4.90. The minimum Gasteiger partial charge on any atom is -0.300 e.